The van der Waals surface area contributed by atoms with E-state index in [0.29, 0.717) is 18.7 Å². The van der Waals surface area contributed by atoms with Crippen molar-refractivity contribution in [3.63, 3.8) is 0 Å². The number of methoxy groups -OCH3 is 1. The summed E-state index contributed by atoms with van der Waals surface area (Å²) >= 11 is 0. The Balaban J connectivity index is 0.00000243. The van der Waals surface area contributed by atoms with E-state index in [0.717, 1.165) is 31.0 Å². The maximum atomic E-state index is 10.1. The van der Waals surface area contributed by atoms with E-state index < -0.39 is 0 Å². The number of phenols is 1. The van der Waals surface area contributed by atoms with E-state index in [1.54, 1.807) is 13.2 Å². The molecule has 1 aliphatic rings. The average molecular weight is 467 g/mol. The zero-order chi connectivity index (χ0) is 17.6. The maximum absolute atomic E-state index is 10.1. The number of hydrogen-bond acceptors (Lipinski definition) is 3. The lowest BCUT2D eigenvalue weighted by atomic mass is 10.1. The minimum atomic E-state index is 0. The number of guanidine groups is 1. The number of anilines is 1. The van der Waals surface area contributed by atoms with Gasteiger partial charge in [0, 0.05) is 31.4 Å². The number of ether oxygens (including phenoxy) is 1. The fourth-order valence-electron chi connectivity index (χ4n) is 3.12. The first-order chi connectivity index (χ1) is 12.2. The summed E-state index contributed by atoms with van der Waals surface area (Å²) in [4.78, 5) is 7.01. The van der Waals surface area contributed by atoms with Crippen LogP contribution in [0.2, 0.25) is 0 Å². The molecule has 1 aliphatic heterocycles. The van der Waals surface area contributed by atoms with Gasteiger partial charge >= 0.3 is 0 Å². The number of hydrogen-bond donors (Lipinski definition) is 2. The van der Waals surface area contributed by atoms with Gasteiger partial charge in [-0.25, -0.2) is 0 Å². The molecule has 140 valence electrons. The second kappa shape index (κ2) is 9.66. The van der Waals surface area contributed by atoms with Crippen molar-refractivity contribution in [2.75, 3.05) is 31.6 Å². The Kier molecular flexibility index (Phi) is 7.56. The molecule has 0 saturated heterocycles. The van der Waals surface area contributed by atoms with Crippen LogP contribution in [0.4, 0.5) is 5.69 Å². The third kappa shape index (κ3) is 4.60. The van der Waals surface area contributed by atoms with Crippen molar-refractivity contribution in [3.05, 3.63) is 53.6 Å². The minimum absolute atomic E-state index is 0. The van der Waals surface area contributed by atoms with Gasteiger partial charge < -0.3 is 20.1 Å². The van der Waals surface area contributed by atoms with Gasteiger partial charge in [-0.1, -0.05) is 24.3 Å². The van der Waals surface area contributed by atoms with Gasteiger partial charge in [-0.05, 0) is 43.0 Å². The number of fused-ring (bicyclic) bond motifs is 1. The molecule has 5 nitrogen and oxygen atoms in total. The summed E-state index contributed by atoms with van der Waals surface area (Å²) in [7, 11) is 1.59. The lowest BCUT2D eigenvalue weighted by molar-refractivity contribution is 0.406. The van der Waals surface area contributed by atoms with Crippen molar-refractivity contribution in [3.8, 4) is 11.5 Å². The number of nitrogens with zero attached hydrogens (tertiary/aromatic N) is 2. The maximum Gasteiger partial charge on any atom is 0.198 e. The number of benzene rings is 2. The smallest absolute Gasteiger partial charge is 0.198 e. The van der Waals surface area contributed by atoms with Crippen LogP contribution in [0.25, 0.3) is 0 Å². The predicted molar refractivity (Wildman–Crippen MR) is 117 cm³/mol. The van der Waals surface area contributed by atoms with Gasteiger partial charge in [0.1, 0.15) is 11.5 Å². The highest BCUT2D eigenvalue weighted by Gasteiger charge is 2.22. The lowest BCUT2D eigenvalue weighted by Crippen LogP contribution is -2.40. The molecule has 0 amide bonds. The molecule has 0 bridgehead atoms. The Hall–Kier alpha value is -1.96. The van der Waals surface area contributed by atoms with Crippen LogP contribution >= 0.6 is 24.0 Å². The fraction of sp³-hybridized carbons (Fsp3) is 0.350. The summed E-state index contributed by atoms with van der Waals surface area (Å²) in [6, 6.07) is 13.9. The second-order valence-electron chi connectivity index (χ2n) is 6.01. The van der Waals surface area contributed by atoms with Crippen LogP contribution in [-0.4, -0.2) is 37.8 Å². The molecule has 0 fully saturated rings. The van der Waals surface area contributed by atoms with E-state index in [-0.39, 0.29) is 29.7 Å². The first-order valence-corrected chi connectivity index (χ1v) is 8.72. The van der Waals surface area contributed by atoms with E-state index in [1.807, 2.05) is 12.1 Å². The molecule has 2 aromatic rings. The van der Waals surface area contributed by atoms with Crippen LogP contribution in [-0.2, 0) is 12.8 Å². The zero-order valence-electron chi connectivity index (χ0n) is 15.2. The van der Waals surface area contributed by atoms with Crippen LogP contribution < -0.4 is 15.0 Å². The van der Waals surface area contributed by atoms with Crippen molar-refractivity contribution < 1.29 is 9.84 Å². The van der Waals surface area contributed by atoms with Crippen molar-refractivity contribution in [1.29, 1.82) is 0 Å². The Morgan fingerprint density at radius 2 is 2.08 bits per heavy atom. The summed E-state index contributed by atoms with van der Waals surface area (Å²) in [5.41, 5.74) is 3.47. The summed E-state index contributed by atoms with van der Waals surface area (Å²) in [5.74, 6) is 1.82. The number of halogens is 1. The molecular weight excluding hydrogens is 441 g/mol. The van der Waals surface area contributed by atoms with Crippen molar-refractivity contribution in [2.45, 2.75) is 19.8 Å². The highest BCUT2D eigenvalue weighted by Crippen LogP contribution is 2.27. The van der Waals surface area contributed by atoms with Crippen LogP contribution in [0.5, 0.6) is 11.5 Å². The standard InChI is InChI=1S/C20H25N3O2.HI/c1-3-21-20(23-13-11-15-6-4-5-7-18(15)23)22-12-10-16-8-9-17(25-2)14-19(16)24;/h4-9,14,24H,3,10-13H2,1-2H3,(H,21,22);1H. The molecular formula is C20H26IN3O2. The number of aliphatic imine (C=N–C) groups is 1. The number of aromatic hydroxyl groups is 1. The molecule has 0 aliphatic carbocycles. The molecule has 0 radical (unpaired) electrons. The Bertz CT molecular complexity index is 764. The molecule has 26 heavy (non-hydrogen) atoms. The van der Waals surface area contributed by atoms with Crippen LogP contribution in [0.1, 0.15) is 18.1 Å². The van der Waals surface area contributed by atoms with Gasteiger partial charge in [0.25, 0.3) is 0 Å². The normalized spacial score (nSPS) is 13.2. The van der Waals surface area contributed by atoms with E-state index in [4.69, 9.17) is 9.73 Å². The first-order valence-electron chi connectivity index (χ1n) is 8.72. The predicted octanol–water partition coefficient (Wildman–Crippen LogP) is 3.59. The van der Waals surface area contributed by atoms with Crippen LogP contribution in [0.15, 0.2) is 47.5 Å². The molecule has 0 atom stereocenters. The number of phenolic OH excluding ortho intramolecular Hbond substituents is 1. The number of rotatable bonds is 5. The average Bonchev–Trinajstić information content (AvgIpc) is 3.06. The Morgan fingerprint density at radius 3 is 2.81 bits per heavy atom. The van der Waals surface area contributed by atoms with E-state index >= 15 is 0 Å². The largest absolute Gasteiger partial charge is 0.508 e. The highest BCUT2D eigenvalue weighted by molar-refractivity contribution is 14.0. The van der Waals surface area contributed by atoms with Gasteiger partial charge in [-0.2, -0.15) is 0 Å². The van der Waals surface area contributed by atoms with Crippen molar-refractivity contribution in [2.24, 2.45) is 4.99 Å². The van der Waals surface area contributed by atoms with Gasteiger partial charge in [-0.15, -0.1) is 24.0 Å². The van der Waals surface area contributed by atoms with E-state index in [2.05, 4.69) is 41.4 Å². The lowest BCUT2D eigenvalue weighted by Gasteiger charge is -2.22. The molecule has 0 spiro atoms. The second-order valence-corrected chi connectivity index (χ2v) is 6.01. The van der Waals surface area contributed by atoms with Gasteiger partial charge in [0.2, 0.25) is 0 Å². The van der Waals surface area contributed by atoms with Crippen molar-refractivity contribution >= 4 is 35.6 Å². The highest BCUT2D eigenvalue weighted by atomic mass is 127. The van der Waals surface area contributed by atoms with Gasteiger partial charge in [-0.3, -0.25) is 4.99 Å². The van der Waals surface area contributed by atoms with E-state index in [1.165, 1.54) is 11.3 Å². The molecule has 1 heterocycles. The van der Waals surface area contributed by atoms with Gasteiger partial charge in [0.05, 0.1) is 7.11 Å². The topological polar surface area (TPSA) is 57.1 Å². The van der Waals surface area contributed by atoms with Gasteiger partial charge in [0.15, 0.2) is 5.96 Å². The summed E-state index contributed by atoms with van der Waals surface area (Å²) in [6.45, 7) is 4.46. The summed E-state index contributed by atoms with van der Waals surface area (Å²) in [5, 5.41) is 13.5. The number of nitrogens with one attached hydrogen (secondary N) is 1. The molecule has 2 aromatic carbocycles. The fourth-order valence-corrected chi connectivity index (χ4v) is 3.12. The van der Waals surface area contributed by atoms with E-state index in [9.17, 15) is 5.11 Å². The van der Waals surface area contributed by atoms with Crippen molar-refractivity contribution in [1.82, 2.24) is 5.32 Å². The third-order valence-corrected chi connectivity index (χ3v) is 4.41. The third-order valence-electron chi connectivity index (χ3n) is 4.41. The summed E-state index contributed by atoms with van der Waals surface area (Å²) < 4.78 is 5.12. The first kappa shape index (κ1) is 20.4. The van der Waals surface area contributed by atoms with Crippen LogP contribution in [0, 0.1) is 0 Å². The summed E-state index contributed by atoms with van der Waals surface area (Å²) in [6.07, 6.45) is 1.72. The quantitative estimate of drug-likeness (QED) is 0.401. The zero-order valence-corrected chi connectivity index (χ0v) is 17.6. The molecule has 3 rings (SSSR count). The molecule has 6 heteroatoms. The van der Waals surface area contributed by atoms with Crippen LogP contribution in [0.3, 0.4) is 0 Å². The monoisotopic (exact) mass is 467 g/mol. The number of para-hydroxylation sites is 1. The molecule has 2 N–H and O–H groups in total. The molecule has 0 unspecified atom stereocenters. The minimum Gasteiger partial charge on any atom is -0.508 e. The Labute approximate surface area is 172 Å². The SMILES string of the molecule is CCNC(=NCCc1ccc(OC)cc1O)N1CCc2ccccc21.I. The molecule has 0 saturated carbocycles. The Morgan fingerprint density at radius 1 is 1.27 bits per heavy atom. The molecule has 0 aromatic heterocycles.